The molecule has 0 saturated carbocycles. The van der Waals surface area contributed by atoms with Crippen molar-refractivity contribution in [3.05, 3.63) is 17.5 Å². The average molecular weight is 239 g/mol. The lowest BCUT2D eigenvalue weighted by atomic mass is 10.3. The molecule has 1 atom stereocenters. The van der Waals surface area contributed by atoms with Crippen LogP contribution < -0.4 is 5.32 Å². The first-order chi connectivity index (χ1) is 7.61. The van der Waals surface area contributed by atoms with Crippen LogP contribution in [-0.2, 0) is 0 Å². The topological polar surface area (TPSA) is 37.8 Å². The van der Waals surface area contributed by atoms with Crippen molar-refractivity contribution in [2.24, 2.45) is 0 Å². The molecule has 16 heavy (non-hydrogen) atoms. The lowest BCUT2D eigenvalue weighted by molar-refractivity contribution is 0.556. The van der Waals surface area contributed by atoms with Crippen LogP contribution in [0.2, 0.25) is 0 Å². The van der Waals surface area contributed by atoms with Gasteiger partial charge in [0.2, 0.25) is 0 Å². The van der Waals surface area contributed by atoms with Gasteiger partial charge in [0.1, 0.15) is 0 Å². The van der Waals surface area contributed by atoms with Crippen molar-refractivity contribution in [2.45, 2.75) is 45.3 Å². The lowest BCUT2D eigenvalue weighted by Gasteiger charge is -2.11. The molecule has 0 spiro atoms. The molecule has 0 radical (unpaired) electrons. The Balaban J connectivity index is 2.37. The number of aryl methyl sites for hydroxylation is 2. The number of nitrogens with zero attached hydrogens (tertiary/aromatic N) is 2. The molecule has 0 aromatic carbocycles. The third-order valence-electron chi connectivity index (χ3n) is 2.30. The van der Waals surface area contributed by atoms with Crippen molar-refractivity contribution >= 4 is 11.8 Å². The molecule has 3 nitrogen and oxygen atoms in total. The third-order valence-corrected chi connectivity index (χ3v) is 3.18. The summed E-state index contributed by atoms with van der Waals surface area (Å²) in [7, 11) is 0. The van der Waals surface area contributed by atoms with Gasteiger partial charge < -0.3 is 5.32 Å². The molecule has 0 saturated heterocycles. The minimum atomic E-state index is 0.573. The summed E-state index contributed by atoms with van der Waals surface area (Å²) in [5, 5.41) is 4.30. The molecule has 0 aliphatic heterocycles. The summed E-state index contributed by atoms with van der Waals surface area (Å²) < 4.78 is 0. The fourth-order valence-corrected chi connectivity index (χ4v) is 2.61. The number of thioether (sulfide) groups is 1. The van der Waals surface area contributed by atoms with Gasteiger partial charge in [-0.3, -0.25) is 0 Å². The smallest absolute Gasteiger partial charge is 0.187 e. The Hall–Kier alpha value is -0.610. The Kier molecular flexibility index (Phi) is 5.77. The summed E-state index contributed by atoms with van der Waals surface area (Å²) in [6.07, 6.45) is 1.15. The van der Waals surface area contributed by atoms with Gasteiger partial charge in [-0.25, -0.2) is 9.97 Å². The standard InChI is InChI=1S/C12H21N3S/c1-5-13-9(2)6-7-16-12-14-10(3)8-11(4)15-12/h8-9,13H,5-7H2,1-4H3. The minimum Gasteiger partial charge on any atom is -0.315 e. The highest BCUT2D eigenvalue weighted by molar-refractivity contribution is 7.99. The van der Waals surface area contributed by atoms with Crippen LogP contribution in [0.3, 0.4) is 0 Å². The SMILES string of the molecule is CCNC(C)CCSc1nc(C)cc(C)n1. The molecule has 1 heterocycles. The van der Waals surface area contributed by atoms with Crippen molar-refractivity contribution in [1.29, 1.82) is 0 Å². The van der Waals surface area contributed by atoms with E-state index in [1.165, 1.54) is 0 Å². The molecule has 1 rings (SSSR count). The van der Waals surface area contributed by atoms with Gasteiger partial charge in [0.25, 0.3) is 0 Å². The highest BCUT2D eigenvalue weighted by Gasteiger charge is 2.03. The predicted octanol–water partition coefficient (Wildman–Crippen LogP) is 2.57. The quantitative estimate of drug-likeness (QED) is 0.611. The second-order valence-corrected chi connectivity index (χ2v) is 5.09. The largest absolute Gasteiger partial charge is 0.315 e. The van der Waals surface area contributed by atoms with Gasteiger partial charge in [0, 0.05) is 23.2 Å². The van der Waals surface area contributed by atoms with E-state index in [4.69, 9.17) is 0 Å². The molecule has 0 fully saturated rings. The van der Waals surface area contributed by atoms with Gasteiger partial charge in [-0.1, -0.05) is 18.7 Å². The van der Waals surface area contributed by atoms with Crippen molar-refractivity contribution in [3.8, 4) is 0 Å². The Bertz CT molecular complexity index is 308. The van der Waals surface area contributed by atoms with Gasteiger partial charge in [0.15, 0.2) is 5.16 Å². The van der Waals surface area contributed by atoms with E-state index in [9.17, 15) is 0 Å². The number of aromatic nitrogens is 2. The molecule has 0 aliphatic rings. The van der Waals surface area contributed by atoms with Crippen LogP contribution in [-0.4, -0.2) is 28.3 Å². The molecule has 1 N–H and O–H groups in total. The monoisotopic (exact) mass is 239 g/mol. The zero-order chi connectivity index (χ0) is 12.0. The summed E-state index contributed by atoms with van der Waals surface area (Å²) in [6.45, 7) is 9.41. The molecule has 1 unspecified atom stereocenters. The van der Waals surface area contributed by atoms with Crippen molar-refractivity contribution in [3.63, 3.8) is 0 Å². The van der Waals surface area contributed by atoms with Gasteiger partial charge in [0.05, 0.1) is 0 Å². The zero-order valence-electron chi connectivity index (χ0n) is 10.6. The number of nitrogens with one attached hydrogen (secondary N) is 1. The maximum absolute atomic E-state index is 4.41. The highest BCUT2D eigenvalue weighted by Crippen LogP contribution is 2.15. The summed E-state index contributed by atoms with van der Waals surface area (Å²) in [5.74, 6) is 1.07. The van der Waals surface area contributed by atoms with Gasteiger partial charge in [-0.2, -0.15) is 0 Å². The molecule has 0 amide bonds. The highest BCUT2D eigenvalue weighted by atomic mass is 32.2. The Morgan fingerprint density at radius 2 is 1.94 bits per heavy atom. The molecule has 4 heteroatoms. The molecule has 1 aromatic rings. The van der Waals surface area contributed by atoms with E-state index in [0.29, 0.717) is 6.04 Å². The maximum atomic E-state index is 4.41. The van der Waals surface area contributed by atoms with Crippen LogP contribution in [0, 0.1) is 13.8 Å². The van der Waals surface area contributed by atoms with Gasteiger partial charge in [-0.05, 0) is 39.8 Å². The first-order valence-electron chi connectivity index (χ1n) is 5.80. The van der Waals surface area contributed by atoms with Crippen LogP contribution in [0.15, 0.2) is 11.2 Å². The molecule has 0 aliphatic carbocycles. The van der Waals surface area contributed by atoms with Gasteiger partial charge in [-0.15, -0.1) is 0 Å². The molecular weight excluding hydrogens is 218 g/mol. The first kappa shape index (κ1) is 13.5. The van der Waals surface area contributed by atoms with Crippen LogP contribution in [0.5, 0.6) is 0 Å². The molecular formula is C12H21N3S. The van der Waals surface area contributed by atoms with E-state index in [1.54, 1.807) is 11.8 Å². The summed E-state index contributed by atoms with van der Waals surface area (Å²) in [4.78, 5) is 8.82. The van der Waals surface area contributed by atoms with Crippen LogP contribution in [0.1, 0.15) is 31.7 Å². The Labute approximate surface area is 102 Å². The number of hydrogen-bond acceptors (Lipinski definition) is 4. The Morgan fingerprint density at radius 3 is 2.50 bits per heavy atom. The number of hydrogen-bond donors (Lipinski definition) is 1. The van der Waals surface area contributed by atoms with E-state index < -0.39 is 0 Å². The maximum Gasteiger partial charge on any atom is 0.187 e. The molecule has 0 bridgehead atoms. The van der Waals surface area contributed by atoms with E-state index in [-0.39, 0.29) is 0 Å². The summed E-state index contributed by atoms with van der Waals surface area (Å²) >= 11 is 1.74. The lowest BCUT2D eigenvalue weighted by Crippen LogP contribution is -2.25. The van der Waals surface area contributed by atoms with Crippen LogP contribution in [0.25, 0.3) is 0 Å². The molecule has 90 valence electrons. The van der Waals surface area contributed by atoms with Crippen molar-refractivity contribution < 1.29 is 0 Å². The van der Waals surface area contributed by atoms with E-state index >= 15 is 0 Å². The third kappa shape index (κ3) is 4.94. The fourth-order valence-electron chi connectivity index (χ4n) is 1.54. The van der Waals surface area contributed by atoms with Gasteiger partial charge >= 0.3 is 0 Å². The van der Waals surface area contributed by atoms with Crippen LogP contribution >= 0.6 is 11.8 Å². The second kappa shape index (κ2) is 6.86. The average Bonchev–Trinajstić information content (AvgIpc) is 2.16. The summed E-state index contributed by atoms with van der Waals surface area (Å²) in [5.41, 5.74) is 2.10. The number of rotatable bonds is 6. The normalized spacial score (nSPS) is 12.8. The van der Waals surface area contributed by atoms with E-state index in [1.807, 2.05) is 19.9 Å². The van der Waals surface area contributed by atoms with Crippen LogP contribution in [0.4, 0.5) is 0 Å². The minimum absolute atomic E-state index is 0.573. The van der Waals surface area contributed by atoms with E-state index in [0.717, 1.165) is 35.3 Å². The molecule has 1 aromatic heterocycles. The van der Waals surface area contributed by atoms with Crippen molar-refractivity contribution in [1.82, 2.24) is 15.3 Å². The zero-order valence-corrected chi connectivity index (χ0v) is 11.4. The second-order valence-electron chi connectivity index (χ2n) is 4.03. The fraction of sp³-hybridized carbons (Fsp3) is 0.667. The first-order valence-corrected chi connectivity index (χ1v) is 6.79. The summed E-state index contributed by atoms with van der Waals surface area (Å²) in [6, 6.07) is 2.58. The van der Waals surface area contributed by atoms with E-state index in [2.05, 4.69) is 29.1 Å². The van der Waals surface area contributed by atoms with Crippen molar-refractivity contribution in [2.75, 3.05) is 12.3 Å². The predicted molar refractivity (Wildman–Crippen MR) is 70.0 cm³/mol. The Morgan fingerprint density at radius 1 is 1.31 bits per heavy atom.